The lowest BCUT2D eigenvalue weighted by Crippen LogP contribution is -2.32. The molecule has 0 saturated carbocycles. The minimum Gasteiger partial charge on any atom is -0.497 e. The number of aromatic nitrogens is 4. The summed E-state index contributed by atoms with van der Waals surface area (Å²) in [6.45, 7) is -0.518. The van der Waals surface area contributed by atoms with Crippen molar-refractivity contribution in [3.8, 4) is 34.5 Å². The molecule has 0 aliphatic heterocycles. The number of anilines is 1. The Bertz CT molecular complexity index is 3440. The molecule has 0 atom stereocenters. The van der Waals surface area contributed by atoms with Crippen LogP contribution in [0.1, 0.15) is 33.5 Å². The molecule has 5 aromatic carbocycles. The van der Waals surface area contributed by atoms with Crippen LogP contribution in [0.5, 0.6) is 34.5 Å². The first-order valence-electron chi connectivity index (χ1n) is 20.6. The molecule has 0 amide bonds. The smallest absolute Gasteiger partial charge is 0.416 e. The zero-order valence-corrected chi connectivity index (χ0v) is 39.9. The Balaban J connectivity index is 0.000000260. The molecule has 0 spiro atoms. The number of rotatable bonds is 14. The summed E-state index contributed by atoms with van der Waals surface area (Å²) in [6.07, 6.45) is -16.4. The molecule has 0 N–H and O–H groups in total. The first-order chi connectivity index (χ1) is 35.7. The molecule has 410 valence electrons. The number of ether oxygens (including phenoxy) is 4. The normalized spacial score (nSPS) is 12.3. The second kappa shape index (κ2) is 22.3. The summed E-state index contributed by atoms with van der Waals surface area (Å²) in [5.74, 6) is -11.4. The number of nitrogens with zero attached hydrogens (tertiary/aromatic N) is 5. The highest BCUT2D eigenvalue weighted by Gasteiger charge is 2.40. The van der Waals surface area contributed by atoms with E-state index in [0.717, 1.165) is 12.7 Å². The lowest BCUT2D eigenvalue weighted by molar-refractivity contribution is -0.144. The standard InChI is InChI=1S/C27H19F8N3O5S.C19H10F8N2O3S/c1-41-18-4-3-15(22(10-18)42-2)13-38(25-5-6-36-14-37-25)44(39,40)24-12-20(28)23(11-21(24)29)43-19-8-16(26(30,31)32)7-17(9-19)27(33,34)35;20-14-7-17(33(30,31)8-12-1-2-28-9-29-12)15(21)6-16(14)32-13-4-10(18(22,23)24)3-11(5-13)19(25,26)27/h3-12,14H,13H2,1-2H3;1-7,9H,8H2. The molecule has 0 bridgehead atoms. The van der Waals surface area contributed by atoms with Crippen LogP contribution < -0.4 is 23.3 Å². The molecule has 2 aromatic heterocycles. The van der Waals surface area contributed by atoms with Crippen molar-refractivity contribution in [3.63, 3.8) is 0 Å². The van der Waals surface area contributed by atoms with Crippen LogP contribution in [0.4, 0.5) is 76.1 Å². The SMILES string of the molecule is COc1ccc(CN(c2ccncn2)S(=O)(=O)c2cc(F)c(Oc3cc(C(F)(F)F)cc(C(F)(F)F)c3)cc2F)c(OC)c1.O=S(=O)(Cc1ccncn1)c1cc(F)c(Oc2cc(C(F)(F)F)cc(C(F)(F)F)c2)cc1F. The molecule has 7 aromatic rings. The first kappa shape index (κ1) is 58.3. The number of halogens is 16. The largest absolute Gasteiger partial charge is 0.497 e. The Morgan fingerprint density at radius 3 is 1.35 bits per heavy atom. The van der Waals surface area contributed by atoms with Gasteiger partial charge >= 0.3 is 24.7 Å². The van der Waals surface area contributed by atoms with Gasteiger partial charge in [0.2, 0.25) is 0 Å². The van der Waals surface area contributed by atoms with Gasteiger partial charge in [-0.2, -0.15) is 52.7 Å². The molecule has 0 saturated heterocycles. The summed E-state index contributed by atoms with van der Waals surface area (Å²) in [5.41, 5.74) is -6.79. The molecule has 0 aliphatic rings. The van der Waals surface area contributed by atoms with E-state index in [-0.39, 0.29) is 83.5 Å². The molecular weight excluding hydrogens is 1120 g/mol. The van der Waals surface area contributed by atoms with E-state index in [0.29, 0.717) is 10.1 Å². The summed E-state index contributed by atoms with van der Waals surface area (Å²) in [5, 5.41) is 0. The van der Waals surface area contributed by atoms with E-state index in [4.69, 9.17) is 18.9 Å². The van der Waals surface area contributed by atoms with Crippen molar-refractivity contribution in [1.29, 1.82) is 0 Å². The lowest BCUT2D eigenvalue weighted by Gasteiger charge is -2.25. The van der Waals surface area contributed by atoms with Gasteiger partial charge in [-0.05, 0) is 60.7 Å². The number of benzene rings is 5. The van der Waals surface area contributed by atoms with E-state index >= 15 is 8.78 Å². The second-order valence-electron chi connectivity index (χ2n) is 15.3. The minimum absolute atomic E-state index is 0.0335. The highest BCUT2D eigenvalue weighted by molar-refractivity contribution is 7.92. The van der Waals surface area contributed by atoms with Gasteiger partial charge in [-0.25, -0.2) is 58.6 Å². The summed E-state index contributed by atoms with van der Waals surface area (Å²) in [4.78, 5) is 12.5. The average Bonchev–Trinajstić information content (AvgIpc) is 3.34. The fraction of sp³-hybridized carbons (Fsp3) is 0.174. The van der Waals surface area contributed by atoms with Crippen LogP contribution in [-0.4, -0.2) is 51.0 Å². The van der Waals surface area contributed by atoms with Gasteiger partial charge < -0.3 is 18.9 Å². The van der Waals surface area contributed by atoms with Crippen molar-refractivity contribution in [2.24, 2.45) is 0 Å². The van der Waals surface area contributed by atoms with Crippen LogP contribution in [0.15, 0.2) is 126 Å². The Hall–Kier alpha value is -7.96. The number of hydrogen-bond donors (Lipinski definition) is 0. The monoisotopic (exact) mass is 1150 g/mol. The number of alkyl halides is 12. The third kappa shape index (κ3) is 14.3. The summed E-state index contributed by atoms with van der Waals surface area (Å²) in [6, 6.07) is 7.82. The zero-order chi connectivity index (χ0) is 57.1. The molecule has 7 rings (SSSR count). The van der Waals surface area contributed by atoms with Crippen molar-refractivity contribution in [2.45, 2.75) is 46.8 Å². The maximum Gasteiger partial charge on any atom is 0.416 e. The summed E-state index contributed by atoms with van der Waals surface area (Å²) < 4.78 is 289. The van der Waals surface area contributed by atoms with Gasteiger partial charge in [0.1, 0.15) is 62.9 Å². The molecule has 77 heavy (non-hydrogen) atoms. The van der Waals surface area contributed by atoms with Crippen LogP contribution in [0.2, 0.25) is 0 Å². The third-order valence-electron chi connectivity index (χ3n) is 10.1. The topological polar surface area (TPSA) is 160 Å². The fourth-order valence-electron chi connectivity index (χ4n) is 6.49. The number of sulfonamides is 1. The highest BCUT2D eigenvalue weighted by Crippen LogP contribution is 2.42. The van der Waals surface area contributed by atoms with E-state index in [9.17, 15) is 78.3 Å². The summed E-state index contributed by atoms with van der Waals surface area (Å²) in [7, 11) is -6.78. The van der Waals surface area contributed by atoms with Gasteiger partial charge in [-0.3, -0.25) is 0 Å². The Morgan fingerprint density at radius 2 is 0.935 bits per heavy atom. The molecule has 31 heteroatoms. The highest BCUT2D eigenvalue weighted by atomic mass is 32.2. The van der Waals surface area contributed by atoms with Crippen LogP contribution in [0.25, 0.3) is 0 Å². The zero-order valence-electron chi connectivity index (χ0n) is 38.2. The Kier molecular flexibility index (Phi) is 16.9. The maximum atomic E-state index is 15.3. The van der Waals surface area contributed by atoms with Crippen LogP contribution in [-0.2, 0) is 56.9 Å². The van der Waals surface area contributed by atoms with Crippen molar-refractivity contribution >= 4 is 25.7 Å². The molecule has 0 radical (unpaired) electrons. The molecular formula is C46H29F16N5O8S2. The van der Waals surface area contributed by atoms with Gasteiger partial charge in [0.25, 0.3) is 10.0 Å². The van der Waals surface area contributed by atoms with E-state index in [1.54, 1.807) is 0 Å². The van der Waals surface area contributed by atoms with Crippen LogP contribution >= 0.6 is 0 Å². The van der Waals surface area contributed by atoms with Gasteiger partial charge in [0.05, 0.1) is 54.5 Å². The predicted molar refractivity (Wildman–Crippen MR) is 234 cm³/mol. The van der Waals surface area contributed by atoms with Gasteiger partial charge in [0, 0.05) is 48.3 Å². The third-order valence-corrected chi connectivity index (χ3v) is 13.5. The molecule has 13 nitrogen and oxygen atoms in total. The lowest BCUT2D eigenvalue weighted by atomic mass is 10.1. The Labute approximate surface area is 423 Å². The van der Waals surface area contributed by atoms with Gasteiger partial charge in [-0.15, -0.1) is 0 Å². The predicted octanol–water partition coefficient (Wildman–Crippen LogP) is 12.6. The van der Waals surface area contributed by atoms with Crippen LogP contribution in [0, 0.1) is 23.3 Å². The molecule has 0 fully saturated rings. The number of hydrogen-bond acceptors (Lipinski definition) is 12. The number of methoxy groups -OCH3 is 2. The van der Waals surface area contributed by atoms with Crippen LogP contribution in [0.3, 0.4) is 0 Å². The number of sulfone groups is 1. The quantitative estimate of drug-likeness (QED) is 0.0950. The van der Waals surface area contributed by atoms with Gasteiger partial charge in [0.15, 0.2) is 33.0 Å². The van der Waals surface area contributed by atoms with Crippen molar-refractivity contribution in [1.82, 2.24) is 19.9 Å². The van der Waals surface area contributed by atoms with Crippen molar-refractivity contribution in [3.05, 3.63) is 173 Å². The first-order valence-corrected chi connectivity index (χ1v) is 23.7. The molecule has 0 unspecified atom stereocenters. The van der Waals surface area contributed by atoms with E-state index in [1.807, 2.05) is 0 Å². The van der Waals surface area contributed by atoms with Crippen molar-refractivity contribution in [2.75, 3.05) is 18.5 Å². The van der Waals surface area contributed by atoms with E-state index < -0.39 is 135 Å². The molecule has 0 aliphatic carbocycles. The van der Waals surface area contributed by atoms with E-state index in [1.165, 1.54) is 56.9 Å². The molecule has 2 heterocycles. The minimum atomic E-state index is -5.24. The van der Waals surface area contributed by atoms with Crippen molar-refractivity contribution < 1.29 is 106 Å². The van der Waals surface area contributed by atoms with E-state index in [2.05, 4.69) is 19.9 Å². The Morgan fingerprint density at radius 1 is 0.481 bits per heavy atom. The fourth-order valence-corrected chi connectivity index (χ4v) is 9.30. The summed E-state index contributed by atoms with van der Waals surface area (Å²) >= 11 is 0. The average molecular weight is 1150 g/mol. The second-order valence-corrected chi connectivity index (χ2v) is 19.1. The van der Waals surface area contributed by atoms with Gasteiger partial charge in [-0.1, -0.05) is 0 Å². The maximum absolute atomic E-state index is 15.3.